The van der Waals surface area contributed by atoms with E-state index >= 15 is 0 Å². The molecule has 2 heterocycles. The van der Waals surface area contributed by atoms with Crippen molar-refractivity contribution in [3.05, 3.63) is 94.4 Å². The van der Waals surface area contributed by atoms with Gasteiger partial charge in [-0.3, -0.25) is 4.79 Å². The molecule has 6 nitrogen and oxygen atoms in total. The highest BCUT2D eigenvalue weighted by molar-refractivity contribution is 5.70. The van der Waals surface area contributed by atoms with Gasteiger partial charge in [0.2, 0.25) is 0 Å². The number of cyclic esters (lactones) is 1. The third-order valence-electron chi connectivity index (χ3n) is 6.83. The van der Waals surface area contributed by atoms with E-state index in [2.05, 4.69) is 0 Å². The molecule has 1 saturated heterocycles. The summed E-state index contributed by atoms with van der Waals surface area (Å²) in [5.41, 5.74) is 3.28. The number of hydrogen-bond donors (Lipinski definition) is 1. The molecule has 1 fully saturated rings. The molecule has 0 spiro atoms. The molecule has 0 bridgehead atoms. The van der Waals surface area contributed by atoms with E-state index in [1.54, 1.807) is 15.5 Å². The minimum atomic E-state index is -0.705. The fourth-order valence-electron chi connectivity index (χ4n) is 4.73. The van der Waals surface area contributed by atoms with Crippen LogP contribution in [-0.2, 0) is 16.9 Å². The topological polar surface area (TPSA) is 71.8 Å². The molecule has 34 heavy (non-hydrogen) atoms. The Morgan fingerprint density at radius 2 is 1.71 bits per heavy atom. The van der Waals surface area contributed by atoms with Crippen LogP contribution in [0.2, 0.25) is 0 Å². The van der Waals surface area contributed by atoms with Crippen LogP contribution >= 0.6 is 0 Å². The van der Waals surface area contributed by atoms with E-state index in [0.29, 0.717) is 32.4 Å². The smallest absolute Gasteiger partial charge is 0.411 e. The molecule has 1 N–H and O–H groups in total. The number of pyridine rings is 1. The fourth-order valence-corrected chi connectivity index (χ4v) is 4.73. The lowest BCUT2D eigenvalue weighted by Gasteiger charge is -2.43. The van der Waals surface area contributed by atoms with Gasteiger partial charge in [-0.15, -0.1) is 0 Å². The number of aliphatic hydroxyl groups is 1. The largest absolute Gasteiger partial charge is 0.438 e. The van der Waals surface area contributed by atoms with E-state index in [4.69, 9.17) is 4.74 Å². The lowest BCUT2D eigenvalue weighted by atomic mass is 9.84. The van der Waals surface area contributed by atoms with Crippen molar-refractivity contribution in [2.24, 2.45) is 0 Å². The summed E-state index contributed by atoms with van der Waals surface area (Å²) >= 11 is 0. The van der Waals surface area contributed by atoms with Gasteiger partial charge in [0, 0.05) is 38.4 Å². The minimum Gasteiger partial charge on any atom is -0.438 e. The van der Waals surface area contributed by atoms with Crippen LogP contribution in [0.1, 0.15) is 50.3 Å². The number of aliphatic hydroxyl groups excluding tert-OH is 1. The zero-order valence-corrected chi connectivity index (χ0v) is 19.8. The molecule has 0 aliphatic carbocycles. The summed E-state index contributed by atoms with van der Waals surface area (Å²) < 4.78 is 7.78. The molecule has 6 heteroatoms. The summed E-state index contributed by atoms with van der Waals surface area (Å²) in [5.74, 6) is 0. The van der Waals surface area contributed by atoms with E-state index in [1.165, 1.54) is 0 Å². The number of carbonyl (C=O) groups excluding carboxylic acids is 1. The Kier molecular flexibility index (Phi) is 7.17. The highest BCUT2D eigenvalue weighted by Gasteiger charge is 2.43. The molecular formula is C28H32N2O4. The number of rotatable bonds is 8. The Labute approximate surface area is 200 Å². The van der Waals surface area contributed by atoms with E-state index in [-0.39, 0.29) is 24.3 Å². The summed E-state index contributed by atoms with van der Waals surface area (Å²) in [7, 11) is 0. The molecule has 2 aromatic carbocycles. The lowest BCUT2D eigenvalue weighted by Crippen LogP contribution is -2.48. The van der Waals surface area contributed by atoms with Gasteiger partial charge in [0.25, 0.3) is 5.56 Å². The molecule has 1 aliphatic heterocycles. The molecule has 1 unspecified atom stereocenters. The Bertz CT molecular complexity index is 1170. The first kappa shape index (κ1) is 23.8. The molecule has 0 radical (unpaired) electrons. The van der Waals surface area contributed by atoms with Gasteiger partial charge in [-0.2, -0.15) is 0 Å². The highest BCUT2D eigenvalue weighted by Crippen LogP contribution is 2.40. The number of hydrogen-bond acceptors (Lipinski definition) is 4. The molecule has 3 aromatic rings. The summed E-state index contributed by atoms with van der Waals surface area (Å²) in [5, 5.41) is 9.39. The first-order valence-electron chi connectivity index (χ1n) is 11.9. The summed E-state index contributed by atoms with van der Waals surface area (Å²) in [4.78, 5) is 26.8. The lowest BCUT2D eigenvalue weighted by molar-refractivity contribution is -0.0680. The van der Waals surface area contributed by atoms with Crippen LogP contribution in [-0.4, -0.2) is 33.8 Å². The second-order valence-electron chi connectivity index (χ2n) is 8.84. The van der Waals surface area contributed by atoms with Gasteiger partial charge < -0.3 is 19.3 Å². The predicted octanol–water partition coefficient (Wildman–Crippen LogP) is 5.11. The third kappa shape index (κ3) is 4.77. The molecule has 4 rings (SSSR count). The number of benzene rings is 2. The van der Waals surface area contributed by atoms with Gasteiger partial charge in [0.05, 0.1) is 6.04 Å². The standard InChI is InChI=1S/C28H32N2O4/c1-3-29-20-24(14-15-26(29)32)23-12-10-22(11-13-23)21(2)30-18-17-28(16-7-19-31,34-27(30)33)25-8-5-4-6-9-25/h4-6,8-15,20-21,31H,3,7,16-19H2,1-2H3/t21?,28-/m1/s1. The van der Waals surface area contributed by atoms with Gasteiger partial charge >= 0.3 is 6.09 Å². The van der Waals surface area contributed by atoms with Crippen LogP contribution in [0.15, 0.2) is 77.7 Å². The summed E-state index contributed by atoms with van der Waals surface area (Å²) in [6.45, 7) is 5.22. The van der Waals surface area contributed by atoms with Crippen LogP contribution in [0, 0.1) is 0 Å². The number of aryl methyl sites for hydroxylation is 1. The third-order valence-corrected chi connectivity index (χ3v) is 6.83. The first-order chi connectivity index (χ1) is 16.5. The van der Waals surface area contributed by atoms with E-state index < -0.39 is 5.60 Å². The average Bonchev–Trinajstić information content (AvgIpc) is 2.88. The van der Waals surface area contributed by atoms with Crippen molar-refractivity contribution >= 4 is 6.09 Å². The Hall–Kier alpha value is -3.38. The zero-order chi connectivity index (χ0) is 24.1. The van der Waals surface area contributed by atoms with Gasteiger partial charge in [-0.25, -0.2) is 4.79 Å². The van der Waals surface area contributed by atoms with Crippen molar-refractivity contribution < 1.29 is 14.6 Å². The van der Waals surface area contributed by atoms with Crippen molar-refractivity contribution in [1.82, 2.24) is 9.47 Å². The van der Waals surface area contributed by atoms with E-state index in [0.717, 1.165) is 22.3 Å². The molecule has 178 valence electrons. The average molecular weight is 461 g/mol. The maximum absolute atomic E-state index is 13.2. The van der Waals surface area contributed by atoms with Crippen molar-refractivity contribution in [3.63, 3.8) is 0 Å². The number of amides is 1. The maximum atomic E-state index is 13.2. The molecule has 1 amide bonds. The van der Waals surface area contributed by atoms with Crippen LogP contribution in [0.25, 0.3) is 11.1 Å². The molecule has 0 saturated carbocycles. The summed E-state index contributed by atoms with van der Waals surface area (Å²) in [6.07, 6.45) is 3.38. The molecule has 1 aliphatic rings. The Morgan fingerprint density at radius 3 is 2.35 bits per heavy atom. The van der Waals surface area contributed by atoms with Crippen LogP contribution in [0.5, 0.6) is 0 Å². The Balaban J connectivity index is 1.51. The van der Waals surface area contributed by atoms with Crippen LogP contribution < -0.4 is 5.56 Å². The minimum absolute atomic E-state index is 0.00864. The first-order valence-corrected chi connectivity index (χ1v) is 11.9. The monoisotopic (exact) mass is 460 g/mol. The number of aromatic nitrogens is 1. The van der Waals surface area contributed by atoms with Crippen LogP contribution in [0.3, 0.4) is 0 Å². The Morgan fingerprint density at radius 1 is 1.00 bits per heavy atom. The van der Waals surface area contributed by atoms with Crippen molar-refractivity contribution in [2.45, 2.75) is 51.3 Å². The number of carbonyl (C=O) groups is 1. The van der Waals surface area contributed by atoms with Gasteiger partial charge in [-0.05, 0) is 55.0 Å². The quantitative estimate of drug-likeness (QED) is 0.507. The van der Waals surface area contributed by atoms with Crippen LogP contribution in [0.4, 0.5) is 4.79 Å². The number of ether oxygens (including phenoxy) is 1. The van der Waals surface area contributed by atoms with Crippen molar-refractivity contribution in [3.8, 4) is 11.1 Å². The molecular weight excluding hydrogens is 428 g/mol. The molecule has 1 aromatic heterocycles. The number of nitrogens with zero attached hydrogens (tertiary/aromatic N) is 2. The zero-order valence-electron chi connectivity index (χ0n) is 19.8. The normalized spacial score (nSPS) is 19.0. The highest BCUT2D eigenvalue weighted by atomic mass is 16.6. The SMILES string of the molecule is CCn1cc(-c2ccc(C(C)N3CC[C@](CCCO)(c4ccccc4)OC3=O)cc2)ccc1=O. The molecule has 2 atom stereocenters. The second-order valence-corrected chi connectivity index (χ2v) is 8.84. The van der Waals surface area contributed by atoms with E-state index in [9.17, 15) is 14.7 Å². The fraction of sp³-hybridized carbons (Fsp3) is 0.357. The van der Waals surface area contributed by atoms with Gasteiger partial charge in [0.15, 0.2) is 0 Å². The summed E-state index contributed by atoms with van der Waals surface area (Å²) in [6, 6.07) is 21.2. The van der Waals surface area contributed by atoms with E-state index in [1.807, 2.05) is 80.7 Å². The van der Waals surface area contributed by atoms with Crippen molar-refractivity contribution in [1.29, 1.82) is 0 Å². The van der Waals surface area contributed by atoms with Gasteiger partial charge in [-0.1, -0.05) is 54.6 Å². The second kappa shape index (κ2) is 10.3. The predicted molar refractivity (Wildman–Crippen MR) is 132 cm³/mol. The van der Waals surface area contributed by atoms with Crippen molar-refractivity contribution in [2.75, 3.05) is 13.2 Å². The van der Waals surface area contributed by atoms with Gasteiger partial charge in [0.1, 0.15) is 5.60 Å². The maximum Gasteiger partial charge on any atom is 0.411 e.